The molecule has 1 atom stereocenters. The van der Waals surface area contributed by atoms with Crippen LogP contribution >= 0.6 is 0 Å². The van der Waals surface area contributed by atoms with E-state index in [1.54, 1.807) is 0 Å². The van der Waals surface area contributed by atoms with Crippen molar-refractivity contribution in [1.82, 2.24) is 4.57 Å². The second kappa shape index (κ2) is 11.6. The maximum absolute atomic E-state index is 6.56. The van der Waals surface area contributed by atoms with Crippen molar-refractivity contribution in [2.45, 2.75) is 12.5 Å². The zero-order valence-electron chi connectivity index (χ0n) is 27.2. The summed E-state index contributed by atoms with van der Waals surface area (Å²) in [7, 11) is 0. The van der Waals surface area contributed by atoms with Crippen LogP contribution in [0.15, 0.2) is 184 Å². The highest BCUT2D eigenvalue weighted by Gasteiger charge is 2.22. The van der Waals surface area contributed by atoms with Gasteiger partial charge in [0.15, 0.2) is 5.84 Å². The Kier molecular flexibility index (Phi) is 6.59. The van der Waals surface area contributed by atoms with Gasteiger partial charge in [-0.15, -0.1) is 0 Å². The lowest BCUT2D eigenvalue weighted by atomic mass is 9.94. The summed E-state index contributed by atoms with van der Waals surface area (Å²) < 4.78 is 8.93. The van der Waals surface area contributed by atoms with Crippen molar-refractivity contribution in [3.05, 3.63) is 187 Å². The minimum atomic E-state index is -0.0240. The normalized spacial score (nSPS) is 14.8. The predicted molar refractivity (Wildman–Crippen MR) is 207 cm³/mol. The molecular weight excluding hydrogens is 611 g/mol. The molecule has 0 radical (unpaired) electrons. The number of aliphatic imine (C=N–C) groups is 2. The van der Waals surface area contributed by atoms with E-state index < -0.39 is 0 Å². The van der Waals surface area contributed by atoms with E-state index in [2.05, 4.69) is 150 Å². The smallest absolute Gasteiger partial charge is 0.155 e. The Balaban J connectivity index is 1.02. The first-order valence-corrected chi connectivity index (χ1v) is 17.1. The number of hydrogen-bond donors (Lipinski definition) is 0. The van der Waals surface area contributed by atoms with Crippen molar-refractivity contribution < 1.29 is 4.42 Å². The average Bonchev–Trinajstić information content (AvgIpc) is 3.74. The first-order valence-electron chi connectivity index (χ1n) is 17.1. The Morgan fingerprint density at radius 2 is 1.14 bits per heavy atom. The zero-order chi connectivity index (χ0) is 33.0. The highest BCUT2D eigenvalue weighted by Crippen LogP contribution is 2.40. The Bertz CT molecular complexity index is 2720. The lowest BCUT2D eigenvalue weighted by Crippen LogP contribution is -2.17. The average molecular weight is 642 g/mol. The van der Waals surface area contributed by atoms with E-state index in [-0.39, 0.29) is 6.04 Å². The van der Waals surface area contributed by atoms with Gasteiger partial charge in [-0.1, -0.05) is 133 Å². The molecule has 0 aliphatic carbocycles. The number of aromatic nitrogens is 1. The highest BCUT2D eigenvalue weighted by atomic mass is 16.3. The van der Waals surface area contributed by atoms with Crippen LogP contribution in [0.4, 0.5) is 0 Å². The van der Waals surface area contributed by atoms with E-state index in [0.717, 1.165) is 67.8 Å². The summed E-state index contributed by atoms with van der Waals surface area (Å²) in [6.07, 6.45) is 0.749. The first-order chi connectivity index (χ1) is 24.8. The molecular formula is C46H31N3O. The molecule has 10 rings (SSSR count). The molecule has 7 aromatic carbocycles. The molecule has 9 aromatic rings. The molecule has 2 aromatic heterocycles. The van der Waals surface area contributed by atoms with Crippen LogP contribution in [-0.4, -0.2) is 16.1 Å². The third kappa shape index (κ3) is 4.68. The molecule has 0 bridgehead atoms. The van der Waals surface area contributed by atoms with Crippen LogP contribution < -0.4 is 0 Å². The van der Waals surface area contributed by atoms with Gasteiger partial charge in [-0.3, -0.25) is 4.99 Å². The maximum atomic E-state index is 6.56. The van der Waals surface area contributed by atoms with Crippen LogP contribution in [0.1, 0.15) is 29.2 Å². The number of amidine groups is 1. The predicted octanol–water partition coefficient (Wildman–Crippen LogP) is 11.7. The second-order valence-corrected chi connectivity index (χ2v) is 12.9. The Labute approximate surface area is 289 Å². The summed E-state index contributed by atoms with van der Waals surface area (Å²) in [6.45, 7) is 0. The third-order valence-electron chi connectivity index (χ3n) is 9.97. The van der Waals surface area contributed by atoms with Crippen LogP contribution in [0.2, 0.25) is 0 Å². The molecule has 1 aliphatic heterocycles. The van der Waals surface area contributed by atoms with Gasteiger partial charge in [0.2, 0.25) is 0 Å². The minimum Gasteiger partial charge on any atom is -0.456 e. The maximum Gasteiger partial charge on any atom is 0.155 e. The van der Waals surface area contributed by atoms with E-state index in [4.69, 9.17) is 14.4 Å². The van der Waals surface area contributed by atoms with Gasteiger partial charge >= 0.3 is 0 Å². The first kappa shape index (κ1) is 28.5. The molecule has 4 nitrogen and oxygen atoms in total. The van der Waals surface area contributed by atoms with Gasteiger partial charge in [-0.25, -0.2) is 4.99 Å². The molecule has 0 saturated heterocycles. The van der Waals surface area contributed by atoms with Gasteiger partial charge in [-0.05, 0) is 58.7 Å². The van der Waals surface area contributed by atoms with Crippen molar-refractivity contribution in [3.63, 3.8) is 0 Å². The number of furan rings is 1. The number of rotatable bonds is 5. The lowest BCUT2D eigenvalue weighted by molar-refractivity contribution is 0.669. The van der Waals surface area contributed by atoms with Crippen molar-refractivity contribution >= 4 is 55.3 Å². The van der Waals surface area contributed by atoms with Crippen molar-refractivity contribution in [2.24, 2.45) is 9.98 Å². The summed E-state index contributed by atoms with van der Waals surface area (Å²) in [4.78, 5) is 10.2. The zero-order valence-corrected chi connectivity index (χ0v) is 27.2. The number of nitrogens with zero attached hydrogens (tertiary/aromatic N) is 3. The Morgan fingerprint density at radius 3 is 1.86 bits per heavy atom. The molecule has 236 valence electrons. The molecule has 0 saturated carbocycles. The summed E-state index contributed by atoms with van der Waals surface area (Å²) in [5.41, 5.74) is 11.9. The largest absolute Gasteiger partial charge is 0.456 e. The molecule has 0 spiro atoms. The quantitative estimate of drug-likeness (QED) is 0.184. The topological polar surface area (TPSA) is 42.8 Å². The Hall–Kier alpha value is -6.52. The van der Waals surface area contributed by atoms with Crippen molar-refractivity contribution in [2.75, 3.05) is 0 Å². The standard InChI is InChI=1S/C46H31N3O/c1-3-12-31(13-4-1)38-29-39(48-46(47-38)33-14-5-2-6-15-33)32-24-22-30(23-25-32)34-26-27-37-44(28-34)50-43-21-11-20-42(45(37)43)49-40-18-9-7-16-35(40)36-17-8-10-19-41(36)49/h1-28,39H,29H2. The van der Waals surface area contributed by atoms with Gasteiger partial charge in [0.05, 0.1) is 33.9 Å². The Morgan fingerprint density at radius 1 is 0.500 bits per heavy atom. The van der Waals surface area contributed by atoms with Crippen LogP contribution in [0.25, 0.3) is 60.6 Å². The van der Waals surface area contributed by atoms with E-state index >= 15 is 0 Å². The molecule has 3 heterocycles. The number of hydrogen-bond acceptors (Lipinski definition) is 3. The van der Waals surface area contributed by atoms with E-state index in [1.165, 1.54) is 27.4 Å². The van der Waals surface area contributed by atoms with Gasteiger partial charge in [-0.2, -0.15) is 0 Å². The molecule has 0 N–H and O–H groups in total. The summed E-state index contributed by atoms with van der Waals surface area (Å²) in [5, 5.41) is 4.72. The van der Waals surface area contributed by atoms with Crippen LogP contribution in [-0.2, 0) is 0 Å². The fourth-order valence-electron chi connectivity index (χ4n) is 7.56. The van der Waals surface area contributed by atoms with Crippen LogP contribution in [0, 0.1) is 0 Å². The van der Waals surface area contributed by atoms with E-state index in [9.17, 15) is 0 Å². The molecule has 4 heteroatoms. The highest BCUT2D eigenvalue weighted by molar-refractivity contribution is 6.15. The van der Waals surface area contributed by atoms with Gasteiger partial charge in [0.25, 0.3) is 0 Å². The van der Waals surface area contributed by atoms with Crippen molar-refractivity contribution in [3.8, 4) is 16.8 Å². The van der Waals surface area contributed by atoms with Crippen molar-refractivity contribution in [1.29, 1.82) is 0 Å². The van der Waals surface area contributed by atoms with Crippen LogP contribution in [0.3, 0.4) is 0 Å². The van der Waals surface area contributed by atoms with Gasteiger partial charge in [0.1, 0.15) is 11.2 Å². The minimum absolute atomic E-state index is 0.0240. The number of fused-ring (bicyclic) bond motifs is 6. The molecule has 1 unspecified atom stereocenters. The lowest BCUT2D eigenvalue weighted by Gasteiger charge is -2.21. The summed E-state index contributed by atoms with van der Waals surface area (Å²) >= 11 is 0. The summed E-state index contributed by atoms with van der Waals surface area (Å²) in [5.74, 6) is 0.778. The van der Waals surface area contributed by atoms with Crippen LogP contribution in [0.5, 0.6) is 0 Å². The SMILES string of the molecule is c1ccc(C2=NC(c3ccccc3)=NC(c3ccc(-c4ccc5c(c4)oc4cccc(-n6c7ccccc7c7ccccc76)c45)cc3)C2)cc1. The monoisotopic (exact) mass is 641 g/mol. The van der Waals surface area contributed by atoms with Gasteiger partial charge in [0, 0.05) is 28.1 Å². The number of para-hydroxylation sites is 2. The molecule has 1 aliphatic rings. The molecule has 0 fully saturated rings. The van der Waals surface area contributed by atoms with E-state index in [0.29, 0.717) is 0 Å². The fraction of sp³-hybridized carbons (Fsp3) is 0.0435. The molecule has 0 amide bonds. The number of benzene rings is 7. The van der Waals surface area contributed by atoms with E-state index in [1.807, 2.05) is 24.3 Å². The molecule has 50 heavy (non-hydrogen) atoms. The fourth-order valence-corrected chi connectivity index (χ4v) is 7.56. The summed E-state index contributed by atoms with van der Waals surface area (Å²) in [6, 6.07) is 59.7. The second-order valence-electron chi connectivity index (χ2n) is 12.9. The third-order valence-corrected chi connectivity index (χ3v) is 9.97. The van der Waals surface area contributed by atoms with Gasteiger partial charge < -0.3 is 8.98 Å².